The van der Waals surface area contributed by atoms with Crippen LogP contribution in [0.1, 0.15) is 72.5 Å². The van der Waals surface area contributed by atoms with Crippen molar-refractivity contribution in [1.82, 2.24) is 19.4 Å². The average Bonchev–Trinajstić information content (AvgIpc) is 3.55. The Labute approximate surface area is 259 Å². The number of benzene rings is 2. The molecule has 2 fully saturated rings. The van der Waals surface area contributed by atoms with Crippen molar-refractivity contribution in [2.24, 2.45) is 0 Å². The van der Waals surface area contributed by atoms with E-state index in [0.29, 0.717) is 34.3 Å². The number of nitrogens with zero attached hydrogens (tertiary/aromatic N) is 4. The molecule has 4 aromatic rings. The summed E-state index contributed by atoms with van der Waals surface area (Å²) in [7, 11) is 1.35. The molecule has 0 spiro atoms. The summed E-state index contributed by atoms with van der Waals surface area (Å²) >= 11 is 5.99. The number of para-hydroxylation sites is 1. The molecule has 0 aliphatic carbocycles. The third kappa shape index (κ3) is 5.08. The van der Waals surface area contributed by atoms with Crippen LogP contribution in [0.25, 0.3) is 11.2 Å². The zero-order chi connectivity index (χ0) is 30.6. The Morgan fingerprint density at radius 2 is 1.93 bits per heavy atom. The fourth-order valence-electron chi connectivity index (χ4n) is 6.57. The third-order valence-electron chi connectivity index (χ3n) is 9.12. The van der Waals surface area contributed by atoms with Crippen molar-refractivity contribution in [1.29, 1.82) is 0 Å². The highest BCUT2D eigenvalue weighted by Crippen LogP contribution is 2.50. The first-order valence-corrected chi connectivity index (χ1v) is 15.4. The van der Waals surface area contributed by atoms with E-state index in [2.05, 4.69) is 27.4 Å². The van der Waals surface area contributed by atoms with E-state index in [0.717, 1.165) is 55.9 Å². The first-order chi connectivity index (χ1) is 21.2. The number of aromatic nitrogens is 3. The molecular formula is C33H34ClFN4O5. The van der Waals surface area contributed by atoms with Gasteiger partial charge in [0, 0.05) is 24.1 Å². The van der Waals surface area contributed by atoms with Crippen LogP contribution >= 0.6 is 11.6 Å². The second kappa shape index (κ2) is 11.3. The van der Waals surface area contributed by atoms with E-state index in [1.54, 1.807) is 25.1 Å². The predicted octanol–water partition coefficient (Wildman–Crippen LogP) is 6.38. The van der Waals surface area contributed by atoms with Gasteiger partial charge >= 0.3 is 5.97 Å². The third-order valence-corrected chi connectivity index (χ3v) is 9.35. The Bertz CT molecular complexity index is 1730. The van der Waals surface area contributed by atoms with Crippen LogP contribution in [0.4, 0.5) is 4.39 Å². The van der Waals surface area contributed by atoms with E-state index in [9.17, 15) is 9.18 Å². The molecule has 5 heterocycles. The molecule has 0 amide bonds. The molecule has 3 aliphatic heterocycles. The molecular weight excluding hydrogens is 587 g/mol. The summed E-state index contributed by atoms with van der Waals surface area (Å²) in [5, 5.41) is 0.321. The van der Waals surface area contributed by atoms with Gasteiger partial charge in [-0.05, 0) is 81.6 Å². The predicted molar refractivity (Wildman–Crippen MR) is 162 cm³/mol. The van der Waals surface area contributed by atoms with Gasteiger partial charge in [-0.2, -0.15) is 0 Å². The van der Waals surface area contributed by atoms with Crippen molar-refractivity contribution in [3.8, 4) is 11.5 Å². The van der Waals surface area contributed by atoms with Gasteiger partial charge in [0.05, 0.1) is 31.4 Å². The monoisotopic (exact) mass is 620 g/mol. The molecule has 0 N–H and O–H groups in total. The molecule has 3 atom stereocenters. The Kier molecular flexibility index (Phi) is 7.46. The second-order valence-corrected chi connectivity index (χ2v) is 12.3. The minimum atomic E-state index is -1.28. The summed E-state index contributed by atoms with van der Waals surface area (Å²) in [5.41, 5.74) is 3.04. The van der Waals surface area contributed by atoms with Crippen molar-refractivity contribution >= 4 is 28.7 Å². The van der Waals surface area contributed by atoms with E-state index in [1.165, 1.54) is 13.2 Å². The Hall–Kier alpha value is -3.73. The van der Waals surface area contributed by atoms with Gasteiger partial charge in [0.15, 0.2) is 22.8 Å². The lowest BCUT2D eigenvalue weighted by atomic mass is 9.88. The number of carbonyl (C=O) groups excluding carboxylic acids is 1. The van der Waals surface area contributed by atoms with Gasteiger partial charge in [0.25, 0.3) is 5.79 Å². The fourth-order valence-corrected chi connectivity index (χ4v) is 6.73. The van der Waals surface area contributed by atoms with Gasteiger partial charge in [0.1, 0.15) is 17.2 Å². The molecule has 0 saturated carbocycles. The number of halogens is 2. The van der Waals surface area contributed by atoms with Crippen molar-refractivity contribution in [2.75, 3.05) is 26.8 Å². The normalized spacial score (nSPS) is 22.6. The van der Waals surface area contributed by atoms with Crippen molar-refractivity contribution in [2.45, 2.75) is 63.5 Å². The fraction of sp³-hybridized carbons (Fsp3) is 0.424. The molecule has 2 aromatic carbocycles. The number of fused-ring (bicyclic) bond motifs is 2. The molecule has 230 valence electrons. The number of carbonyl (C=O) groups is 1. The van der Waals surface area contributed by atoms with Crippen LogP contribution in [-0.4, -0.2) is 58.3 Å². The van der Waals surface area contributed by atoms with Gasteiger partial charge in [-0.15, -0.1) is 0 Å². The number of piperidine rings is 1. The van der Waals surface area contributed by atoms with E-state index in [-0.39, 0.29) is 23.8 Å². The number of methoxy groups -OCH3 is 1. The number of hydrogen-bond acceptors (Lipinski definition) is 8. The highest BCUT2D eigenvalue weighted by molar-refractivity contribution is 6.30. The highest BCUT2D eigenvalue weighted by Gasteiger charge is 2.43. The summed E-state index contributed by atoms with van der Waals surface area (Å²) in [6.07, 6.45) is 2.90. The maximum absolute atomic E-state index is 14.9. The van der Waals surface area contributed by atoms with Crippen molar-refractivity contribution < 1.29 is 28.1 Å². The number of ether oxygens (including phenoxy) is 4. The number of rotatable bonds is 7. The second-order valence-electron chi connectivity index (χ2n) is 11.8. The van der Waals surface area contributed by atoms with E-state index in [1.807, 2.05) is 18.2 Å². The van der Waals surface area contributed by atoms with Gasteiger partial charge in [-0.3, -0.25) is 4.90 Å². The molecule has 7 rings (SSSR count). The number of esters is 1. The van der Waals surface area contributed by atoms with E-state index >= 15 is 0 Å². The highest BCUT2D eigenvalue weighted by atomic mass is 35.5. The maximum Gasteiger partial charge on any atom is 0.356 e. The van der Waals surface area contributed by atoms with Gasteiger partial charge in [0.2, 0.25) is 0 Å². The topological polar surface area (TPSA) is 87.9 Å². The molecule has 44 heavy (non-hydrogen) atoms. The summed E-state index contributed by atoms with van der Waals surface area (Å²) < 4.78 is 40.2. The minimum absolute atomic E-state index is 0.0176. The maximum atomic E-state index is 14.9. The molecule has 9 nitrogen and oxygen atoms in total. The first-order valence-electron chi connectivity index (χ1n) is 15.0. The van der Waals surface area contributed by atoms with Crippen LogP contribution in [0.2, 0.25) is 5.02 Å². The lowest BCUT2D eigenvalue weighted by molar-refractivity contribution is -0.0712. The number of pyridine rings is 1. The van der Waals surface area contributed by atoms with Crippen LogP contribution in [0, 0.1) is 5.82 Å². The summed E-state index contributed by atoms with van der Waals surface area (Å²) in [6.45, 7) is 6.99. The van der Waals surface area contributed by atoms with Crippen molar-refractivity contribution in [3.63, 3.8) is 0 Å². The lowest BCUT2D eigenvalue weighted by Gasteiger charge is -2.36. The molecule has 0 radical (unpaired) electrons. The van der Waals surface area contributed by atoms with Crippen molar-refractivity contribution in [3.05, 3.63) is 82.0 Å². The molecule has 2 unspecified atom stereocenters. The zero-order valence-corrected chi connectivity index (χ0v) is 25.6. The van der Waals surface area contributed by atoms with Crippen LogP contribution in [0.3, 0.4) is 0 Å². The number of hydrogen-bond donors (Lipinski definition) is 0. The first kappa shape index (κ1) is 29.0. The number of imidazole rings is 1. The largest absolute Gasteiger partial charge is 0.464 e. The van der Waals surface area contributed by atoms with Crippen LogP contribution < -0.4 is 9.47 Å². The quantitative estimate of drug-likeness (QED) is 0.220. The Morgan fingerprint density at radius 3 is 2.64 bits per heavy atom. The van der Waals surface area contributed by atoms with Gasteiger partial charge in [-0.25, -0.2) is 19.2 Å². The molecule has 3 aliphatic rings. The molecule has 0 bridgehead atoms. The van der Waals surface area contributed by atoms with Crippen LogP contribution in [0.5, 0.6) is 11.5 Å². The smallest absolute Gasteiger partial charge is 0.356 e. The average molecular weight is 621 g/mol. The SMILES string of the molecule is COC(=O)c1ccc2nc(C(C)N3CCC(c4cccc5c4OC(C)(c4ccc(Cl)cc4F)O5)CC3)n(C[C@@H]3CCO3)c2n1. The summed E-state index contributed by atoms with van der Waals surface area (Å²) in [5.74, 6) is 0.210. The van der Waals surface area contributed by atoms with Gasteiger partial charge in [-0.1, -0.05) is 23.7 Å². The van der Waals surface area contributed by atoms with Crippen LogP contribution in [0.15, 0.2) is 48.5 Å². The van der Waals surface area contributed by atoms with E-state index < -0.39 is 17.6 Å². The zero-order valence-electron chi connectivity index (χ0n) is 24.9. The minimum Gasteiger partial charge on any atom is -0.464 e. The van der Waals surface area contributed by atoms with E-state index in [4.69, 9.17) is 35.5 Å². The Balaban J connectivity index is 1.10. The van der Waals surface area contributed by atoms with Gasteiger partial charge < -0.3 is 23.5 Å². The molecule has 2 saturated heterocycles. The lowest BCUT2D eigenvalue weighted by Crippen LogP contribution is -2.37. The Morgan fingerprint density at radius 1 is 1.14 bits per heavy atom. The standard InChI is InChI=1S/C33H34ClFN4O5/c1-19(30-36-26-9-10-27(32(40)41-3)37-31(26)39(30)18-22-13-16-42-22)38-14-11-20(12-15-38)23-5-4-6-28-29(23)44-33(2,43-28)24-8-7-21(34)17-25(24)35/h4-10,17,19-20,22H,11-16,18H2,1-3H3/t19?,22-,33?/m0/s1. The number of likely N-dealkylation sites (tertiary alicyclic amines) is 1. The summed E-state index contributed by atoms with van der Waals surface area (Å²) in [6, 6.07) is 13.9. The molecule has 2 aromatic heterocycles. The molecule has 11 heteroatoms. The summed E-state index contributed by atoms with van der Waals surface area (Å²) in [4.78, 5) is 24.3. The van der Waals surface area contributed by atoms with Crippen LogP contribution in [-0.2, 0) is 21.8 Å².